The van der Waals surface area contributed by atoms with Gasteiger partial charge in [0, 0.05) is 68.7 Å². The predicted octanol–water partition coefficient (Wildman–Crippen LogP) is 13.7. The molecule has 6 aromatic heterocycles. The number of hydrogen-bond donors (Lipinski definition) is 1. The summed E-state index contributed by atoms with van der Waals surface area (Å²) in [5, 5.41) is 0.780. The monoisotopic (exact) mass is 1220 g/mol. The average molecular weight is 1230 g/mol. The van der Waals surface area contributed by atoms with Crippen molar-refractivity contribution < 1.29 is 39.6 Å². The van der Waals surface area contributed by atoms with Crippen molar-refractivity contribution in [2.24, 2.45) is 21.1 Å². The molecule has 0 aliphatic heterocycles. The Bertz CT molecular complexity index is 4630. The molecule has 0 amide bonds. The molecule has 3 saturated carbocycles. The van der Waals surface area contributed by atoms with E-state index in [2.05, 4.69) is 35.9 Å². The lowest BCUT2D eigenvalue weighted by Crippen LogP contribution is -2.08. The first kappa shape index (κ1) is 56.3. The van der Waals surface area contributed by atoms with Crippen molar-refractivity contribution in [3.63, 3.8) is 0 Å². The SMILES string of the molecule is Cn1c(=O)oc2ccc(CBr)cc21.Cn1c(=O)oc2ccc(Cn3cnc(-c4c(F)cccc4F)c3C3CC3)cc21.Cn1c(=O)oc2ccc(Cn3cnc(C4CC4)c3-c3c(F)cccc3F)cc21.Fc1cccc(F)c1-c1nc[nH]c1C1CC1. The first-order chi connectivity index (χ1) is 41.0. The van der Waals surface area contributed by atoms with Gasteiger partial charge in [-0.05, 0) is 128 Å². The molecular weight excluding hydrogens is 1170 g/mol. The third-order valence-corrected chi connectivity index (χ3v) is 16.0. The quantitative estimate of drug-likeness (QED) is 0.0978. The van der Waals surface area contributed by atoms with Gasteiger partial charge in [0.2, 0.25) is 0 Å². The van der Waals surface area contributed by atoms with Gasteiger partial charge in [-0.2, -0.15) is 0 Å². The molecule has 434 valence electrons. The van der Waals surface area contributed by atoms with Gasteiger partial charge in [-0.25, -0.2) is 55.7 Å². The molecule has 85 heavy (non-hydrogen) atoms. The minimum absolute atomic E-state index is 0.0225. The van der Waals surface area contributed by atoms with Gasteiger partial charge in [-0.3, -0.25) is 13.7 Å². The van der Waals surface area contributed by atoms with Gasteiger partial charge in [-0.15, -0.1) is 0 Å². The predicted molar refractivity (Wildman–Crippen MR) is 310 cm³/mol. The first-order valence-electron chi connectivity index (χ1n) is 27.3. The highest BCUT2D eigenvalue weighted by atomic mass is 79.9. The third-order valence-electron chi connectivity index (χ3n) is 15.4. The van der Waals surface area contributed by atoms with Gasteiger partial charge >= 0.3 is 17.3 Å². The van der Waals surface area contributed by atoms with Crippen LogP contribution in [0, 0.1) is 34.9 Å². The Balaban J connectivity index is 0.000000117. The zero-order valence-corrected chi connectivity index (χ0v) is 47.5. The van der Waals surface area contributed by atoms with Crippen molar-refractivity contribution in [3.05, 3.63) is 229 Å². The van der Waals surface area contributed by atoms with Gasteiger partial charge < -0.3 is 27.4 Å². The summed E-state index contributed by atoms with van der Waals surface area (Å²) in [5.74, 6) is -3.82. The van der Waals surface area contributed by atoms with E-state index >= 15 is 0 Å². The van der Waals surface area contributed by atoms with Crippen molar-refractivity contribution in [2.45, 2.75) is 74.7 Å². The van der Waals surface area contributed by atoms with Crippen molar-refractivity contribution in [1.29, 1.82) is 0 Å². The number of aromatic nitrogens is 9. The lowest BCUT2D eigenvalue weighted by atomic mass is 10.1. The molecule has 6 aromatic carbocycles. The van der Waals surface area contributed by atoms with Crippen molar-refractivity contribution in [2.75, 3.05) is 0 Å². The molecule has 15 nitrogen and oxygen atoms in total. The zero-order valence-electron chi connectivity index (χ0n) is 45.9. The summed E-state index contributed by atoms with van der Waals surface area (Å²) < 4.78 is 108. The van der Waals surface area contributed by atoms with Crippen LogP contribution in [0.1, 0.15) is 90.1 Å². The molecule has 0 radical (unpaired) electrons. The van der Waals surface area contributed by atoms with Crippen molar-refractivity contribution in [1.82, 2.24) is 42.8 Å². The molecule has 0 saturated heterocycles. The summed E-state index contributed by atoms with van der Waals surface area (Å²) in [7, 11) is 5.00. The molecular formula is C63H52BrF6N9O6. The van der Waals surface area contributed by atoms with Crippen LogP contribution in [0.4, 0.5) is 26.3 Å². The topological polar surface area (TPSA) is 170 Å². The zero-order chi connectivity index (χ0) is 59.4. The lowest BCUT2D eigenvalue weighted by molar-refractivity contribution is 0.528. The summed E-state index contributed by atoms with van der Waals surface area (Å²) in [4.78, 5) is 50.4. The fourth-order valence-electron chi connectivity index (χ4n) is 10.5. The second-order valence-corrected chi connectivity index (χ2v) is 21.9. The Hall–Kier alpha value is -9.18. The molecule has 3 fully saturated rings. The van der Waals surface area contributed by atoms with Gasteiger partial charge in [0.25, 0.3) is 0 Å². The Morgan fingerprint density at radius 2 is 0.906 bits per heavy atom. The van der Waals surface area contributed by atoms with Gasteiger partial charge in [-0.1, -0.05) is 52.3 Å². The second kappa shape index (κ2) is 23.1. The van der Waals surface area contributed by atoms with Crippen LogP contribution in [-0.4, -0.2) is 42.8 Å². The number of halogens is 7. The third kappa shape index (κ3) is 11.4. The maximum atomic E-state index is 14.5. The molecule has 3 aliphatic rings. The van der Waals surface area contributed by atoms with Gasteiger partial charge in [0.05, 0.1) is 75.0 Å². The van der Waals surface area contributed by atoms with Crippen LogP contribution >= 0.6 is 15.9 Å². The van der Waals surface area contributed by atoms with Crippen molar-refractivity contribution >= 4 is 49.2 Å². The highest BCUT2D eigenvalue weighted by molar-refractivity contribution is 9.08. The van der Waals surface area contributed by atoms with E-state index in [-0.39, 0.29) is 34.3 Å². The van der Waals surface area contributed by atoms with E-state index in [1.807, 2.05) is 47.0 Å². The number of H-pyrrole nitrogens is 1. The van der Waals surface area contributed by atoms with E-state index in [1.54, 1.807) is 50.5 Å². The number of aromatic amines is 1. The van der Waals surface area contributed by atoms with Crippen LogP contribution in [0.25, 0.3) is 67.1 Å². The fourth-order valence-corrected chi connectivity index (χ4v) is 10.8. The molecule has 0 spiro atoms. The highest BCUT2D eigenvalue weighted by Crippen LogP contribution is 2.47. The van der Waals surface area contributed by atoms with Gasteiger partial charge in [0.15, 0.2) is 16.7 Å². The van der Waals surface area contributed by atoms with E-state index in [0.29, 0.717) is 63.9 Å². The molecule has 0 unspecified atom stereocenters. The van der Waals surface area contributed by atoms with E-state index in [9.17, 15) is 40.7 Å². The number of aryl methyl sites for hydroxylation is 3. The first-order valence-corrected chi connectivity index (χ1v) is 28.4. The van der Waals surface area contributed by atoms with E-state index in [0.717, 1.165) is 83.1 Å². The van der Waals surface area contributed by atoms with Gasteiger partial charge in [0.1, 0.15) is 34.9 Å². The molecule has 0 atom stereocenters. The summed E-state index contributed by atoms with van der Waals surface area (Å²) in [5.41, 5.74) is 10.4. The van der Waals surface area contributed by atoms with E-state index in [4.69, 9.17) is 13.3 Å². The second-order valence-electron chi connectivity index (χ2n) is 21.3. The van der Waals surface area contributed by atoms with Crippen LogP contribution in [0.2, 0.25) is 0 Å². The number of benzene rings is 6. The Morgan fingerprint density at radius 1 is 0.494 bits per heavy atom. The van der Waals surface area contributed by atoms with E-state index in [1.165, 1.54) is 74.6 Å². The number of oxazole rings is 3. The maximum Gasteiger partial charge on any atom is 0.419 e. The molecule has 1 N–H and O–H groups in total. The number of fused-ring (bicyclic) bond motifs is 3. The number of alkyl halides is 1. The molecule has 6 heterocycles. The fraction of sp³-hybridized carbons (Fsp3) is 0.238. The molecule has 22 heteroatoms. The summed E-state index contributed by atoms with van der Waals surface area (Å²) in [6.07, 6.45) is 10.8. The lowest BCUT2D eigenvalue weighted by Gasteiger charge is -2.12. The Kier molecular flexibility index (Phi) is 15.3. The minimum atomic E-state index is -0.609. The molecule has 3 aliphatic carbocycles. The molecule has 15 rings (SSSR count). The van der Waals surface area contributed by atoms with Crippen LogP contribution in [0.3, 0.4) is 0 Å². The number of rotatable bonds is 11. The van der Waals surface area contributed by atoms with Crippen molar-refractivity contribution in [3.8, 4) is 33.8 Å². The maximum absolute atomic E-state index is 14.5. The summed E-state index contributed by atoms with van der Waals surface area (Å²) in [6.45, 7) is 0.863. The summed E-state index contributed by atoms with van der Waals surface area (Å²) in [6, 6.07) is 28.2. The number of nitrogens with one attached hydrogen (secondary N) is 1. The number of imidazole rings is 3. The molecule has 0 bridgehead atoms. The normalized spacial score (nSPS) is 13.9. The largest absolute Gasteiger partial charge is 0.419 e. The number of nitrogens with zero attached hydrogens (tertiary/aromatic N) is 8. The Labute approximate surface area is 487 Å². The van der Waals surface area contributed by atoms with Crippen LogP contribution in [0.15, 0.2) is 156 Å². The number of hydrogen-bond acceptors (Lipinski definition) is 9. The van der Waals surface area contributed by atoms with Crippen LogP contribution in [-0.2, 0) is 39.6 Å². The smallest absolute Gasteiger partial charge is 0.408 e. The highest BCUT2D eigenvalue weighted by Gasteiger charge is 2.34. The van der Waals surface area contributed by atoms with Crippen LogP contribution < -0.4 is 17.3 Å². The molecule has 12 aromatic rings. The standard InChI is InChI=1S/2C21H17F2N3O2.C12H10F2N2.C9H8BrNO2/c1-25-16-9-12(5-8-17(16)28-21(25)27)10-26-11-24-19(20(26)13-6-7-13)18-14(22)3-2-4-15(18)23;1-25-16-9-12(5-8-17(16)28-21(25)27)10-26-11-24-19(13-6-7-13)20(26)18-14(22)3-2-4-15(18)23;13-8-2-1-3-9(14)10(8)12-11(7-4-5-7)15-6-16-12;1-11-7-4-6(5-10)2-3-8(7)13-9(11)12/h2*2-5,8-9,11,13H,6-7,10H2,1H3;1-3,6-7H,4-5H2,(H,15,16);2-4H,5H2,1H3. The average Bonchev–Trinajstić information content (AvgIpc) is 2.52. The Morgan fingerprint density at radius 3 is 1.36 bits per heavy atom. The van der Waals surface area contributed by atoms with Crippen LogP contribution in [0.5, 0.6) is 0 Å². The van der Waals surface area contributed by atoms with E-state index < -0.39 is 46.4 Å². The summed E-state index contributed by atoms with van der Waals surface area (Å²) >= 11 is 3.36. The minimum Gasteiger partial charge on any atom is -0.408 e.